The van der Waals surface area contributed by atoms with Crippen LogP contribution in [0, 0.1) is 5.82 Å². The number of anilines is 1. The summed E-state index contributed by atoms with van der Waals surface area (Å²) in [6.45, 7) is 2.34. The lowest BCUT2D eigenvalue weighted by Crippen LogP contribution is -2.38. The molecule has 1 aromatic carbocycles. The first kappa shape index (κ1) is 14.4. The zero-order valence-corrected chi connectivity index (χ0v) is 12.3. The van der Waals surface area contributed by atoms with Crippen LogP contribution in [0.2, 0.25) is 0 Å². The van der Waals surface area contributed by atoms with Crippen LogP contribution in [0.1, 0.15) is 6.92 Å². The number of aromatic nitrogens is 3. The van der Waals surface area contributed by atoms with Gasteiger partial charge in [-0.1, -0.05) is 0 Å². The normalized spacial score (nSPS) is 11.9. The molecule has 0 saturated heterocycles. The fourth-order valence-electron chi connectivity index (χ4n) is 1.62. The summed E-state index contributed by atoms with van der Waals surface area (Å²) in [6, 6.07) is 3.83. The number of carbonyl (C=O) groups excluding carboxylic acids is 1. The first-order valence-electron chi connectivity index (χ1n) is 5.89. The summed E-state index contributed by atoms with van der Waals surface area (Å²) in [5.41, 5.74) is 0.385. The quantitative estimate of drug-likeness (QED) is 0.896. The highest BCUT2D eigenvalue weighted by molar-refractivity contribution is 9.10. The van der Waals surface area contributed by atoms with Crippen molar-refractivity contribution < 1.29 is 9.18 Å². The van der Waals surface area contributed by atoms with Crippen LogP contribution >= 0.6 is 15.9 Å². The van der Waals surface area contributed by atoms with Crippen molar-refractivity contribution in [3.05, 3.63) is 41.1 Å². The van der Waals surface area contributed by atoms with Gasteiger partial charge in [-0.2, -0.15) is 5.10 Å². The topological polar surface area (TPSA) is 71.8 Å². The number of urea groups is 1. The third-order valence-corrected chi connectivity index (χ3v) is 3.13. The third-order valence-electron chi connectivity index (χ3n) is 2.48. The molecule has 0 aliphatic heterocycles. The van der Waals surface area contributed by atoms with E-state index in [1.807, 2.05) is 6.92 Å². The van der Waals surface area contributed by atoms with Crippen molar-refractivity contribution in [2.24, 2.45) is 0 Å². The molecule has 2 aromatic rings. The Kier molecular flexibility index (Phi) is 4.67. The first-order valence-corrected chi connectivity index (χ1v) is 6.69. The highest BCUT2D eigenvalue weighted by atomic mass is 79.9. The van der Waals surface area contributed by atoms with Crippen LogP contribution < -0.4 is 10.6 Å². The lowest BCUT2D eigenvalue weighted by molar-refractivity contribution is 0.247. The van der Waals surface area contributed by atoms with Gasteiger partial charge in [0, 0.05) is 11.7 Å². The zero-order valence-electron chi connectivity index (χ0n) is 10.7. The summed E-state index contributed by atoms with van der Waals surface area (Å²) in [5, 5.41) is 9.24. The van der Waals surface area contributed by atoms with E-state index in [1.54, 1.807) is 17.1 Å². The summed E-state index contributed by atoms with van der Waals surface area (Å²) in [4.78, 5) is 15.6. The molecule has 2 N–H and O–H groups in total. The molecule has 1 unspecified atom stereocenters. The van der Waals surface area contributed by atoms with Gasteiger partial charge in [-0.25, -0.2) is 14.2 Å². The highest BCUT2D eigenvalue weighted by Gasteiger charge is 2.09. The maximum absolute atomic E-state index is 13.3. The molecular formula is C12H13BrFN5O. The van der Waals surface area contributed by atoms with E-state index in [9.17, 15) is 9.18 Å². The number of benzene rings is 1. The van der Waals surface area contributed by atoms with E-state index < -0.39 is 11.8 Å². The largest absolute Gasteiger partial charge is 0.334 e. The van der Waals surface area contributed by atoms with E-state index in [-0.39, 0.29) is 6.04 Å². The number of hydrogen-bond acceptors (Lipinski definition) is 3. The maximum Gasteiger partial charge on any atom is 0.319 e. The molecule has 106 valence electrons. The van der Waals surface area contributed by atoms with Gasteiger partial charge < -0.3 is 10.6 Å². The average molecular weight is 342 g/mol. The predicted octanol–water partition coefficient (Wildman–Crippen LogP) is 2.39. The molecule has 0 radical (unpaired) electrons. The van der Waals surface area contributed by atoms with Gasteiger partial charge in [0.15, 0.2) is 0 Å². The third kappa shape index (κ3) is 4.02. The second-order valence-electron chi connectivity index (χ2n) is 4.25. The van der Waals surface area contributed by atoms with Gasteiger partial charge in [0.1, 0.15) is 18.5 Å². The van der Waals surface area contributed by atoms with Gasteiger partial charge in [-0.3, -0.25) is 4.68 Å². The minimum absolute atomic E-state index is 0.142. The minimum Gasteiger partial charge on any atom is -0.334 e. The van der Waals surface area contributed by atoms with Crippen LogP contribution in [-0.4, -0.2) is 26.8 Å². The van der Waals surface area contributed by atoms with Gasteiger partial charge in [0.2, 0.25) is 0 Å². The molecule has 0 bridgehead atoms. The molecule has 1 atom stereocenters. The van der Waals surface area contributed by atoms with Crippen LogP contribution in [0.5, 0.6) is 0 Å². The fourth-order valence-corrected chi connectivity index (χ4v) is 1.86. The van der Waals surface area contributed by atoms with Gasteiger partial charge in [-0.05, 0) is 41.1 Å². The van der Waals surface area contributed by atoms with Gasteiger partial charge in [0.25, 0.3) is 0 Å². The average Bonchev–Trinajstić information content (AvgIpc) is 2.86. The number of amides is 2. The molecule has 1 aromatic heterocycles. The fraction of sp³-hybridized carbons (Fsp3) is 0.250. The Morgan fingerprint density at radius 3 is 3.00 bits per heavy atom. The van der Waals surface area contributed by atoms with Gasteiger partial charge in [0.05, 0.1) is 11.0 Å². The Bertz CT molecular complexity index is 590. The van der Waals surface area contributed by atoms with Gasteiger partial charge in [-0.15, -0.1) is 0 Å². The Labute approximate surface area is 123 Å². The van der Waals surface area contributed by atoms with Crippen LogP contribution in [0.4, 0.5) is 14.9 Å². The van der Waals surface area contributed by atoms with E-state index >= 15 is 0 Å². The SMILES string of the molecule is CC(Cn1cncn1)NC(=O)Nc1ccc(Br)c(F)c1. The van der Waals surface area contributed by atoms with Gasteiger partial charge >= 0.3 is 6.03 Å². The van der Waals surface area contributed by atoms with Crippen molar-refractivity contribution in [2.45, 2.75) is 19.5 Å². The van der Waals surface area contributed by atoms with E-state index in [0.717, 1.165) is 0 Å². The Morgan fingerprint density at radius 1 is 1.55 bits per heavy atom. The number of halogens is 2. The summed E-state index contributed by atoms with van der Waals surface area (Å²) in [6.07, 6.45) is 3.00. The molecule has 0 aliphatic rings. The van der Waals surface area contributed by atoms with Crippen molar-refractivity contribution in [2.75, 3.05) is 5.32 Å². The smallest absolute Gasteiger partial charge is 0.319 e. The standard InChI is InChI=1S/C12H13BrFN5O/c1-8(5-19-7-15-6-16-19)17-12(20)18-9-2-3-10(13)11(14)4-9/h2-4,6-8H,5H2,1H3,(H2,17,18,20). The molecule has 2 amide bonds. The number of carbonyl (C=O) groups is 1. The lowest BCUT2D eigenvalue weighted by Gasteiger charge is -2.14. The summed E-state index contributed by atoms with van der Waals surface area (Å²) in [5.74, 6) is -0.432. The molecule has 20 heavy (non-hydrogen) atoms. The van der Waals surface area contributed by atoms with Crippen molar-refractivity contribution in [3.63, 3.8) is 0 Å². The molecule has 0 saturated carbocycles. The second-order valence-corrected chi connectivity index (χ2v) is 5.10. The zero-order chi connectivity index (χ0) is 14.5. The first-order chi connectivity index (χ1) is 9.54. The summed E-state index contributed by atoms with van der Waals surface area (Å²) in [7, 11) is 0. The molecule has 8 heteroatoms. The molecule has 6 nitrogen and oxygen atoms in total. The van der Waals surface area contributed by atoms with Crippen molar-refractivity contribution in [1.29, 1.82) is 0 Å². The highest BCUT2D eigenvalue weighted by Crippen LogP contribution is 2.19. The van der Waals surface area contributed by atoms with Crippen LogP contribution in [0.25, 0.3) is 0 Å². The van der Waals surface area contributed by atoms with E-state index in [4.69, 9.17) is 0 Å². The van der Waals surface area contributed by atoms with E-state index in [2.05, 4.69) is 36.6 Å². The molecule has 0 fully saturated rings. The number of nitrogens with zero attached hydrogens (tertiary/aromatic N) is 3. The summed E-state index contributed by atoms with van der Waals surface area (Å²) >= 11 is 3.05. The molecule has 2 rings (SSSR count). The van der Waals surface area contributed by atoms with Crippen molar-refractivity contribution >= 4 is 27.6 Å². The monoisotopic (exact) mass is 341 g/mol. The minimum atomic E-state index is -0.432. The van der Waals surface area contributed by atoms with Crippen molar-refractivity contribution in [1.82, 2.24) is 20.1 Å². The maximum atomic E-state index is 13.3. The Balaban J connectivity index is 1.87. The second kappa shape index (κ2) is 6.47. The van der Waals surface area contributed by atoms with Crippen LogP contribution in [0.3, 0.4) is 0 Å². The lowest BCUT2D eigenvalue weighted by atomic mass is 10.3. The predicted molar refractivity (Wildman–Crippen MR) is 75.7 cm³/mol. The number of rotatable bonds is 4. The number of hydrogen-bond donors (Lipinski definition) is 2. The van der Waals surface area contributed by atoms with Crippen LogP contribution in [0.15, 0.2) is 35.3 Å². The van der Waals surface area contributed by atoms with E-state index in [1.165, 1.54) is 18.5 Å². The van der Waals surface area contributed by atoms with Crippen LogP contribution in [-0.2, 0) is 6.54 Å². The van der Waals surface area contributed by atoms with E-state index in [0.29, 0.717) is 16.7 Å². The molecular weight excluding hydrogens is 329 g/mol. The molecule has 1 heterocycles. The Morgan fingerprint density at radius 2 is 2.35 bits per heavy atom. The van der Waals surface area contributed by atoms with Crippen molar-refractivity contribution in [3.8, 4) is 0 Å². The molecule has 0 aliphatic carbocycles. The summed E-state index contributed by atoms with van der Waals surface area (Å²) < 4.78 is 15.3. The molecule has 0 spiro atoms. The Hall–Kier alpha value is -1.96. The number of nitrogens with one attached hydrogen (secondary N) is 2.